The van der Waals surface area contributed by atoms with E-state index >= 15 is 0 Å². The first-order valence-electron chi connectivity index (χ1n) is 16.0. The number of fused-ring (bicyclic) bond motifs is 1. The van der Waals surface area contributed by atoms with Gasteiger partial charge in [-0.05, 0) is 80.1 Å². The van der Waals surface area contributed by atoms with Crippen molar-refractivity contribution < 1.29 is 38.1 Å². The molecular weight excluding hydrogens is 618 g/mol. The van der Waals surface area contributed by atoms with Crippen LogP contribution in [0.5, 0.6) is 17.2 Å². The van der Waals surface area contributed by atoms with Gasteiger partial charge >= 0.3 is 6.16 Å². The number of hydrogen-bond donors (Lipinski definition) is 0. The molecule has 2 atom stereocenters. The summed E-state index contributed by atoms with van der Waals surface area (Å²) in [6.45, 7) is 8.58. The molecule has 3 aromatic carbocycles. The SMILES string of the molecule is COc1cc(COC2CN(OC(=O)OC(C)(C)C)CCC2c2ccc(OCCCOCc3cccs3)cc2)cc2c(OC)cccc12. The van der Waals surface area contributed by atoms with E-state index in [0.717, 1.165) is 52.0 Å². The monoisotopic (exact) mass is 663 g/mol. The summed E-state index contributed by atoms with van der Waals surface area (Å²) in [5, 5.41) is 5.61. The van der Waals surface area contributed by atoms with Crippen LogP contribution in [0.3, 0.4) is 0 Å². The first-order valence-corrected chi connectivity index (χ1v) is 16.8. The van der Waals surface area contributed by atoms with Crippen LogP contribution >= 0.6 is 11.3 Å². The molecule has 0 N–H and O–H groups in total. The normalized spacial score (nSPS) is 17.0. The minimum Gasteiger partial charge on any atom is -0.496 e. The Morgan fingerprint density at radius 1 is 0.915 bits per heavy atom. The topological polar surface area (TPSA) is 84.9 Å². The van der Waals surface area contributed by atoms with Crippen LogP contribution in [0.1, 0.15) is 55.5 Å². The van der Waals surface area contributed by atoms with Gasteiger partial charge in [0, 0.05) is 34.5 Å². The van der Waals surface area contributed by atoms with Crippen LogP contribution in [0.4, 0.5) is 4.79 Å². The molecule has 2 heterocycles. The van der Waals surface area contributed by atoms with Crippen molar-refractivity contribution in [3.63, 3.8) is 0 Å². The van der Waals surface area contributed by atoms with Crippen LogP contribution < -0.4 is 14.2 Å². The average Bonchev–Trinajstić information content (AvgIpc) is 3.58. The van der Waals surface area contributed by atoms with Crippen LogP contribution in [0.15, 0.2) is 72.1 Å². The van der Waals surface area contributed by atoms with Gasteiger partial charge in [-0.25, -0.2) is 4.79 Å². The van der Waals surface area contributed by atoms with E-state index in [9.17, 15) is 4.79 Å². The molecule has 9 nitrogen and oxygen atoms in total. The summed E-state index contributed by atoms with van der Waals surface area (Å²) in [6, 6.07) is 22.3. The van der Waals surface area contributed by atoms with Gasteiger partial charge < -0.3 is 33.3 Å². The van der Waals surface area contributed by atoms with Crippen molar-refractivity contribution in [2.24, 2.45) is 0 Å². The third-order valence-corrected chi connectivity index (χ3v) is 8.68. The Morgan fingerprint density at radius 2 is 1.72 bits per heavy atom. The molecule has 252 valence electrons. The van der Waals surface area contributed by atoms with Crippen molar-refractivity contribution in [1.82, 2.24) is 5.06 Å². The summed E-state index contributed by atoms with van der Waals surface area (Å²) in [4.78, 5) is 19.3. The minimum absolute atomic E-state index is 0.0741. The molecule has 5 rings (SSSR count). The van der Waals surface area contributed by atoms with Crippen molar-refractivity contribution in [3.8, 4) is 17.2 Å². The van der Waals surface area contributed by atoms with Crippen LogP contribution in [0.25, 0.3) is 10.8 Å². The molecule has 0 amide bonds. The highest BCUT2D eigenvalue weighted by molar-refractivity contribution is 7.09. The van der Waals surface area contributed by atoms with Crippen molar-refractivity contribution in [2.45, 2.75) is 64.4 Å². The second-order valence-corrected chi connectivity index (χ2v) is 13.5. The van der Waals surface area contributed by atoms with Gasteiger partial charge in [-0.2, -0.15) is 0 Å². The number of benzene rings is 3. The van der Waals surface area contributed by atoms with E-state index in [1.807, 2.05) is 63.2 Å². The average molecular weight is 664 g/mol. The van der Waals surface area contributed by atoms with Gasteiger partial charge in [-0.15, -0.1) is 16.4 Å². The fourth-order valence-corrected chi connectivity index (χ4v) is 6.28. The predicted molar refractivity (Wildman–Crippen MR) is 182 cm³/mol. The highest BCUT2D eigenvalue weighted by Gasteiger charge is 2.34. The number of ether oxygens (including phenoxy) is 6. The maximum Gasteiger partial charge on any atom is 0.528 e. The first kappa shape index (κ1) is 34.5. The Morgan fingerprint density at radius 3 is 2.45 bits per heavy atom. The minimum atomic E-state index is -0.723. The number of thiophene rings is 1. The number of rotatable bonds is 14. The fraction of sp³-hybridized carbons (Fsp3) is 0.432. The summed E-state index contributed by atoms with van der Waals surface area (Å²) in [5.41, 5.74) is 1.44. The van der Waals surface area contributed by atoms with Gasteiger partial charge in [0.25, 0.3) is 0 Å². The molecule has 10 heteroatoms. The Labute approximate surface area is 281 Å². The Balaban J connectivity index is 1.24. The Hall–Kier alpha value is -3.83. The van der Waals surface area contributed by atoms with Crippen molar-refractivity contribution >= 4 is 28.3 Å². The number of hydroxylamine groups is 2. The fourth-order valence-electron chi connectivity index (χ4n) is 5.64. The molecule has 2 unspecified atom stereocenters. The standard InChI is InChI=1S/C37H45NO8S/c1-37(2,3)45-36(39)46-38-17-16-30(27-12-14-28(15-13-27)43-19-8-18-42-25-29-9-7-20-47-29)35(23-38)44-24-26-21-32-31(34(22-26)41-5)10-6-11-33(32)40-4/h6-7,9-15,20-22,30,35H,8,16-19,23-25H2,1-5H3. The number of methoxy groups -OCH3 is 2. The second kappa shape index (κ2) is 16.3. The van der Waals surface area contributed by atoms with Crippen LogP contribution in [0.2, 0.25) is 0 Å². The molecule has 0 aliphatic carbocycles. The number of hydrogen-bond acceptors (Lipinski definition) is 10. The van der Waals surface area contributed by atoms with Crippen molar-refractivity contribution in [2.75, 3.05) is 40.5 Å². The van der Waals surface area contributed by atoms with E-state index in [4.69, 9.17) is 33.3 Å². The van der Waals surface area contributed by atoms with Crippen molar-refractivity contribution in [3.05, 3.63) is 88.1 Å². The molecule has 0 spiro atoms. The van der Waals surface area contributed by atoms with E-state index < -0.39 is 11.8 Å². The number of carbonyl (C=O) groups excluding carboxylic acids is 1. The van der Waals surface area contributed by atoms with Gasteiger partial charge in [-0.3, -0.25) is 0 Å². The zero-order chi connectivity index (χ0) is 33.2. The molecular formula is C37H45NO8S. The molecule has 4 aromatic rings. The van der Waals surface area contributed by atoms with E-state index in [1.165, 1.54) is 4.88 Å². The zero-order valence-corrected chi connectivity index (χ0v) is 28.7. The van der Waals surface area contributed by atoms with Gasteiger partial charge in [0.1, 0.15) is 22.8 Å². The Kier molecular flexibility index (Phi) is 12.0. The molecule has 0 bridgehead atoms. The second-order valence-electron chi connectivity index (χ2n) is 12.4. The molecule has 1 aliphatic rings. The van der Waals surface area contributed by atoms with Gasteiger partial charge in [0.15, 0.2) is 0 Å². The molecule has 1 aliphatic heterocycles. The first-order chi connectivity index (χ1) is 22.7. The van der Waals surface area contributed by atoms with E-state index in [-0.39, 0.29) is 12.0 Å². The highest BCUT2D eigenvalue weighted by atomic mass is 32.1. The lowest BCUT2D eigenvalue weighted by Gasteiger charge is -2.37. The van der Waals surface area contributed by atoms with E-state index in [1.54, 1.807) is 30.6 Å². The molecule has 47 heavy (non-hydrogen) atoms. The molecule has 1 saturated heterocycles. The quantitative estimate of drug-likeness (QED) is 0.0980. The van der Waals surface area contributed by atoms with E-state index in [0.29, 0.717) is 39.5 Å². The molecule has 0 radical (unpaired) electrons. The smallest absolute Gasteiger partial charge is 0.496 e. The summed E-state index contributed by atoms with van der Waals surface area (Å²) in [5.74, 6) is 2.40. The number of piperidine rings is 1. The van der Waals surface area contributed by atoms with Gasteiger partial charge in [0.2, 0.25) is 0 Å². The van der Waals surface area contributed by atoms with Gasteiger partial charge in [0.05, 0.1) is 53.3 Å². The highest BCUT2D eigenvalue weighted by Crippen LogP contribution is 2.36. The summed E-state index contributed by atoms with van der Waals surface area (Å²) in [6.07, 6.45) is 0.548. The lowest BCUT2D eigenvalue weighted by atomic mass is 9.87. The maximum atomic E-state index is 12.5. The summed E-state index contributed by atoms with van der Waals surface area (Å²) in [7, 11) is 3.32. The van der Waals surface area contributed by atoms with Gasteiger partial charge in [-0.1, -0.05) is 30.3 Å². The lowest BCUT2D eigenvalue weighted by Crippen LogP contribution is -2.45. The molecule has 0 saturated carbocycles. The largest absolute Gasteiger partial charge is 0.528 e. The lowest BCUT2D eigenvalue weighted by molar-refractivity contribution is -0.179. The van der Waals surface area contributed by atoms with Crippen LogP contribution in [-0.2, 0) is 32.3 Å². The third kappa shape index (κ3) is 9.84. The Bertz CT molecular complexity index is 1570. The number of nitrogens with zero attached hydrogens (tertiary/aromatic N) is 1. The third-order valence-electron chi connectivity index (χ3n) is 7.83. The van der Waals surface area contributed by atoms with Crippen LogP contribution in [0, 0.1) is 0 Å². The predicted octanol–water partition coefficient (Wildman–Crippen LogP) is 8.15. The summed E-state index contributed by atoms with van der Waals surface area (Å²) >= 11 is 1.70. The van der Waals surface area contributed by atoms with Crippen LogP contribution in [-0.4, -0.2) is 63.4 Å². The maximum absolute atomic E-state index is 12.5. The molecule has 1 fully saturated rings. The van der Waals surface area contributed by atoms with Crippen molar-refractivity contribution in [1.29, 1.82) is 0 Å². The van der Waals surface area contributed by atoms with E-state index in [2.05, 4.69) is 29.6 Å². The zero-order valence-electron chi connectivity index (χ0n) is 27.9. The molecule has 1 aromatic heterocycles. The summed E-state index contributed by atoms with van der Waals surface area (Å²) < 4.78 is 35.1. The number of carbonyl (C=O) groups is 1.